The van der Waals surface area contributed by atoms with Crippen molar-refractivity contribution in [2.45, 2.75) is 13.1 Å². The number of halogens is 4. The second-order valence-electron chi connectivity index (χ2n) is 6.98. The van der Waals surface area contributed by atoms with E-state index in [0.717, 1.165) is 11.4 Å². The molecule has 0 spiro atoms. The van der Waals surface area contributed by atoms with Crippen LogP contribution in [0, 0.1) is 6.92 Å². The molecule has 2 heterocycles. The van der Waals surface area contributed by atoms with E-state index in [9.17, 15) is 13.2 Å². The lowest BCUT2D eigenvalue weighted by molar-refractivity contribution is -0.136. The molecule has 11 heteroatoms. The average Bonchev–Trinajstić information content (AvgIpc) is 3.32. The average molecular weight is 463 g/mol. The topological polar surface area (TPSA) is 69.8 Å². The number of hydrogen-bond acceptors (Lipinski definition) is 5. The predicted molar refractivity (Wildman–Crippen MR) is 115 cm³/mol. The largest absolute Gasteiger partial charge is 0.495 e. The SMILES string of the molecule is COc1cc(-c2nc(Nc3cccc(Cl)c3C(F)(F)F)n(C)n2)ccc1-n1cnc(C)c1. The van der Waals surface area contributed by atoms with Gasteiger partial charge in [0.15, 0.2) is 5.82 Å². The predicted octanol–water partition coefficient (Wildman–Crippen LogP) is 5.40. The Morgan fingerprint density at radius 2 is 1.94 bits per heavy atom. The fourth-order valence-corrected chi connectivity index (χ4v) is 3.52. The number of nitrogens with zero attached hydrogens (tertiary/aromatic N) is 5. The maximum atomic E-state index is 13.5. The summed E-state index contributed by atoms with van der Waals surface area (Å²) < 4.78 is 49.1. The van der Waals surface area contributed by atoms with Crippen LogP contribution in [0.15, 0.2) is 48.9 Å². The molecule has 0 saturated carbocycles. The molecule has 4 rings (SSSR count). The Balaban J connectivity index is 1.69. The molecular weight excluding hydrogens is 445 g/mol. The second-order valence-corrected chi connectivity index (χ2v) is 7.38. The van der Waals surface area contributed by atoms with Gasteiger partial charge in [0.2, 0.25) is 5.95 Å². The number of hydrogen-bond donors (Lipinski definition) is 1. The number of ether oxygens (including phenoxy) is 1. The van der Waals surface area contributed by atoms with E-state index in [1.165, 1.54) is 22.9 Å². The molecule has 7 nitrogen and oxygen atoms in total. The second kappa shape index (κ2) is 8.19. The summed E-state index contributed by atoms with van der Waals surface area (Å²) in [5.74, 6) is 1.01. The zero-order chi connectivity index (χ0) is 23.0. The molecule has 0 atom stereocenters. The number of aromatic nitrogens is 5. The van der Waals surface area contributed by atoms with Gasteiger partial charge >= 0.3 is 6.18 Å². The highest BCUT2D eigenvalue weighted by molar-refractivity contribution is 6.31. The van der Waals surface area contributed by atoms with Crippen molar-refractivity contribution in [3.05, 3.63) is 65.2 Å². The lowest BCUT2D eigenvalue weighted by Gasteiger charge is -2.15. The van der Waals surface area contributed by atoms with E-state index in [2.05, 4.69) is 20.4 Å². The van der Waals surface area contributed by atoms with E-state index in [4.69, 9.17) is 16.3 Å². The summed E-state index contributed by atoms with van der Waals surface area (Å²) in [4.78, 5) is 8.58. The van der Waals surface area contributed by atoms with Crippen LogP contribution in [-0.2, 0) is 13.2 Å². The molecule has 166 valence electrons. The summed E-state index contributed by atoms with van der Waals surface area (Å²) in [5.41, 5.74) is 1.09. The van der Waals surface area contributed by atoms with Crippen molar-refractivity contribution >= 4 is 23.2 Å². The molecule has 0 aliphatic heterocycles. The van der Waals surface area contributed by atoms with Crippen LogP contribution in [0.3, 0.4) is 0 Å². The molecule has 0 bridgehead atoms. The molecule has 0 aliphatic rings. The van der Waals surface area contributed by atoms with E-state index in [1.54, 1.807) is 32.6 Å². The van der Waals surface area contributed by atoms with Crippen LogP contribution in [0.4, 0.5) is 24.8 Å². The minimum absolute atomic E-state index is 0.126. The molecule has 0 unspecified atom stereocenters. The number of alkyl halides is 3. The third kappa shape index (κ3) is 4.13. The molecule has 32 heavy (non-hydrogen) atoms. The van der Waals surface area contributed by atoms with Gasteiger partial charge in [0.25, 0.3) is 0 Å². The Bertz CT molecular complexity index is 1280. The van der Waals surface area contributed by atoms with Crippen molar-refractivity contribution in [2.75, 3.05) is 12.4 Å². The first-order valence-electron chi connectivity index (χ1n) is 9.40. The highest BCUT2D eigenvalue weighted by atomic mass is 35.5. The van der Waals surface area contributed by atoms with Crippen molar-refractivity contribution in [1.29, 1.82) is 0 Å². The summed E-state index contributed by atoms with van der Waals surface area (Å²) in [6.07, 6.45) is -1.09. The monoisotopic (exact) mass is 462 g/mol. The van der Waals surface area contributed by atoms with Gasteiger partial charge in [-0.2, -0.15) is 18.2 Å². The Labute approximate surface area is 186 Å². The Hall–Kier alpha value is -3.53. The van der Waals surface area contributed by atoms with E-state index in [1.807, 2.05) is 23.8 Å². The number of aryl methyl sites for hydroxylation is 2. The van der Waals surface area contributed by atoms with Crippen molar-refractivity contribution < 1.29 is 17.9 Å². The Morgan fingerprint density at radius 3 is 2.59 bits per heavy atom. The molecule has 2 aromatic heterocycles. The van der Waals surface area contributed by atoms with E-state index >= 15 is 0 Å². The van der Waals surface area contributed by atoms with Gasteiger partial charge in [0.05, 0.1) is 41.1 Å². The number of imidazole rings is 1. The minimum Gasteiger partial charge on any atom is -0.495 e. The van der Waals surface area contributed by atoms with Gasteiger partial charge in [0.1, 0.15) is 5.75 Å². The van der Waals surface area contributed by atoms with Gasteiger partial charge < -0.3 is 14.6 Å². The highest BCUT2D eigenvalue weighted by Gasteiger charge is 2.36. The van der Waals surface area contributed by atoms with Crippen LogP contribution < -0.4 is 10.1 Å². The number of nitrogens with one attached hydrogen (secondary N) is 1. The summed E-state index contributed by atoms with van der Waals surface area (Å²) >= 11 is 5.80. The number of benzene rings is 2. The molecule has 0 radical (unpaired) electrons. The zero-order valence-corrected chi connectivity index (χ0v) is 18.0. The summed E-state index contributed by atoms with van der Waals surface area (Å²) in [6.45, 7) is 1.88. The summed E-state index contributed by atoms with van der Waals surface area (Å²) in [6, 6.07) is 9.29. The maximum Gasteiger partial charge on any atom is 0.419 e. The minimum atomic E-state index is -4.63. The zero-order valence-electron chi connectivity index (χ0n) is 17.3. The number of anilines is 2. The van der Waals surface area contributed by atoms with Gasteiger partial charge in [-0.05, 0) is 37.3 Å². The standard InChI is InChI=1S/C21H18ClF3N6O/c1-12-10-31(11-26-12)16-8-7-13(9-17(16)32-3)19-28-20(30(2)29-19)27-15-6-4-5-14(22)18(15)21(23,24)25/h4-11H,1-3H3,(H,27,28,29). The van der Waals surface area contributed by atoms with Gasteiger partial charge in [-0.15, -0.1) is 5.10 Å². The van der Waals surface area contributed by atoms with E-state index in [-0.39, 0.29) is 11.6 Å². The Kier molecular flexibility index (Phi) is 5.55. The first-order valence-corrected chi connectivity index (χ1v) is 9.78. The fraction of sp³-hybridized carbons (Fsp3) is 0.190. The van der Waals surface area contributed by atoms with Crippen LogP contribution in [0.5, 0.6) is 5.75 Å². The van der Waals surface area contributed by atoms with Gasteiger partial charge in [-0.25, -0.2) is 9.67 Å². The van der Waals surface area contributed by atoms with Crippen LogP contribution >= 0.6 is 11.6 Å². The van der Waals surface area contributed by atoms with Crippen molar-refractivity contribution in [3.8, 4) is 22.8 Å². The van der Waals surface area contributed by atoms with Gasteiger partial charge in [0, 0.05) is 18.8 Å². The van der Waals surface area contributed by atoms with Gasteiger partial charge in [-0.3, -0.25) is 0 Å². The molecule has 1 N–H and O–H groups in total. The van der Waals surface area contributed by atoms with E-state index < -0.39 is 16.8 Å². The van der Waals surface area contributed by atoms with E-state index in [0.29, 0.717) is 17.1 Å². The fourth-order valence-electron chi connectivity index (χ4n) is 3.24. The molecule has 0 aliphatic carbocycles. The molecule has 0 fully saturated rings. The molecule has 2 aromatic carbocycles. The van der Waals surface area contributed by atoms with Crippen LogP contribution in [0.1, 0.15) is 11.3 Å². The summed E-state index contributed by atoms with van der Waals surface area (Å²) in [7, 11) is 3.12. The first kappa shape index (κ1) is 21.7. The number of rotatable bonds is 5. The Morgan fingerprint density at radius 1 is 1.16 bits per heavy atom. The molecule has 4 aromatic rings. The smallest absolute Gasteiger partial charge is 0.419 e. The van der Waals surface area contributed by atoms with Crippen LogP contribution in [0.2, 0.25) is 5.02 Å². The third-order valence-electron chi connectivity index (χ3n) is 4.73. The van der Waals surface area contributed by atoms with Crippen LogP contribution in [0.25, 0.3) is 17.1 Å². The third-order valence-corrected chi connectivity index (χ3v) is 5.05. The molecule has 0 amide bonds. The maximum absolute atomic E-state index is 13.5. The summed E-state index contributed by atoms with van der Waals surface area (Å²) in [5, 5.41) is 6.61. The molecular formula is C21H18ClF3N6O. The first-order chi connectivity index (χ1) is 15.2. The lowest BCUT2D eigenvalue weighted by atomic mass is 10.1. The normalized spacial score (nSPS) is 11.6. The van der Waals surface area contributed by atoms with Crippen LogP contribution in [-0.4, -0.2) is 31.4 Å². The quantitative estimate of drug-likeness (QED) is 0.430. The number of methoxy groups -OCH3 is 1. The highest BCUT2D eigenvalue weighted by Crippen LogP contribution is 2.40. The molecule has 0 saturated heterocycles. The van der Waals surface area contributed by atoms with Crippen molar-refractivity contribution in [2.24, 2.45) is 7.05 Å². The lowest BCUT2D eigenvalue weighted by Crippen LogP contribution is -2.11. The van der Waals surface area contributed by atoms with Crippen molar-refractivity contribution in [3.63, 3.8) is 0 Å². The van der Waals surface area contributed by atoms with Gasteiger partial charge in [-0.1, -0.05) is 17.7 Å². The van der Waals surface area contributed by atoms with Crippen molar-refractivity contribution in [1.82, 2.24) is 24.3 Å².